The number of hydrogen-bond acceptors (Lipinski definition) is 4. The Bertz CT molecular complexity index is 394. The number of carbonyl (C=O) groups is 1. The summed E-state index contributed by atoms with van der Waals surface area (Å²) < 4.78 is 10.7. The Morgan fingerprint density at radius 3 is 2.65 bits per heavy atom. The fraction of sp³-hybridized carbons (Fsp3) is 0.417. The van der Waals surface area contributed by atoms with Crippen molar-refractivity contribution in [1.82, 2.24) is 4.90 Å². The summed E-state index contributed by atoms with van der Waals surface area (Å²) in [5.74, 6) is 0.944. The molecule has 0 atom stereocenters. The fourth-order valence-electron chi connectivity index (χ4n) is 1.28. The average Bonchev–Trinajstić information content (AvgIpc) is 2.30. The van der Waals surface area contributed by atoms with Crippen molar-refractivity contribution in [3.05, 3.63) is 22.7 Å². The molecule has 1 aromatic carbocycles. The number of benzene rings is 1. The standard InChI is InChI=1S/C12H16ClNO3/c1-14(2)4-5-17-12-10(13)6-9(8-15)7-11(12)16-3/h6-8H,4-5H2,1-3H3. The van der Waals surface area contributed by atoms with Crippen molar-refractivity contribution in [3.8, 4) is 11.5 Å². The van der Waals surface area contributed by atoms with Crippen LogP contribution in [0.1, 0.15) is 10.4 Å². The first-order valence-electron chi connectivity index (χ1n) is 5.18. The highest BCUT2D eigenvalue weighted by Crippen LogP contribution is 2.35. The Hall–Kier alpha value is -1.26. The van der Waals surface area contributed by atoms with Crippen LogP contribution in [0.25, 0.3) is 0 Å². The van der Waals surface area contributed by atoms with Crippen LogP contribution in [0, 0.1) is 0 Å². The number of carbonyl (C=O) groups excluding carboxylic acids is 1. The lowest BCUT2D eigenvalue weighted by molar-refractivity contribution is 0.112. The van der Waals surface area contributed by atoms with E-state index in [1.165, 1.54) is 7.11 Å². The van der Waals surface area contributed by atoms with E-state index < -0.39 is 0 Å². The molecule has 4 nitrogen and oxygen atoms in total. The molecule has 17 heavy (non-hydrogen) atoms. The molecule has 0 aliphatic rings. The minimum absolute atomic E-state index is 0.380. The molecule has 0 aromatic heterocycles. The summed E-state index contributed by atoms with van der Waals surface area (Å²) in [5, 5.41) is 0.380. The molecule has 0 heterocycles. The maximum absolute atomic E-state index is 10.7. The summed E-state index contributed by atoms with van der Waals surface area (Å²) in [7, 11) is 5.43. The summed E-state index contributed by atoms with van der Waals surface area (Å²) in [6.07, 6.45) is 0.720. The molecule has 1 aromatic rings. The normalized spacial score (nSPS) is 10.4. The van der Waals surface area contributed by atoms with Crippen LogP contribution in [-0.4, -0.2) is 45.5 Å². The van der Waals surface area contributed by atoms with Gasteiger partial charge in [0.05, 0.1) is 12.1 Å². The third-order valence-electron chi connectivity index (χ3n) is 2.17. The Morgan fingerprint density at radius 1 is 1.41 bits per heavy atom. The smallest absolute Gasteiger partial charge is 0.179 e. The zero-order valence-corrected chi connectivity index (χ0v) is 11.0. The van der Waals surface area contributed by atoms with E-state index in [0.717, 1.165) is 12.8 Å². The zero-order valence-electron chi connectivity index (χ0n) is 10.2. The van der Waals surface area contributed by atoms with E-state index in [9.17, 15) is 4.79 Å². The SMILES string of the molecule is COc1cc(C=O)cc(Cl)c1OCCN(C)C. The Morgan fingerprint density at radius 2 is 2.12 bits per heavy atom. The Labute approximate surface area is 106 Å². The van der Waals surface area contributed by atoms with E-state index in [-0.39, 0.29) is 0 Å². The number of likely N-dealkylation sites (N-methyl/N-ethyl adjacent to an activating group) is 1. The van der Waals surface area contributed by atoms with Gasteiger partial charge < -0.3 is 14.4 Å². The van der Waals surface area contributed by atoms with Crippen LogP contribution in [-0.2, 0) is 0 Å². The summed E-state index contributed by atoms with van der Waals surface area (Å²) >= 11 is 6.03. The van der Waals surface area contributed by atoms with Gasteiger partial charge in [0.2, 0.25) is 0 Å². The highest BCUT2D eigenvalue weighted by atomic mass is 35.5. The molecule has 0 fully saturated rings. The molecule has 0 aliphatic heterocycles. The van der Waals surface area contributed by atoms with Gasteiger partial charge in [0.25, 0.3) is 0 Å². The van der Waals surface area contributed by atoms with Gasteiger partial charge in [-0.3, -0.25) is 4.79 Å². The number of methoxy groups -OCH3 is 1. The van der Waals surface area contributed by atoms with Crippen LogP contribution in [0.2, 0.25) is 5.02 Å². The second-order valence-corrected chi connectivity index (χ2v) is 4.21. The van der Waals surface area contributed by atoms with E-state index in [1.54, 1.807) is 12.1 Å². The number of nitrogens with zero attached hydrogens (tertiary/aromatic N) is 1. The molecule has 1 rings (SSSR count). The molecule has 0 N–H and O–H groups in total. The van der Waals surface area contributed by atoms with Crippen LogP contribution >= 0.6 is 11.6 Å². The van der Waals surface area contributed by atoms with E-state index >= 15 is 0 Å². The van der Waals surface area contributed by atoms with Gasteiger partial charge in [-0.2, -0.15) is 0 Å². The topological polar surface area (TPSA) is 38.8 Å². The molecule has 0 aliphatic carbocycles. The molecule has 0 unspecified atom stereocenters. The van der Waals surface area contributed by atoms with Gasteiger partial charge >= 0.3 is 0 Å². The van der Waals surface area contributed by atoms with Crippen molar-refractivity contribution in [3.63, 3.8) is 0 Å². The Kier molecular flexibility index (Phi) is 5.25. The molecule has 0 saturated heterocycles. The van der Waals surface area contributed by atoms with Crippen LogP contribution in [0.5, 0.6) is 11.5 Å². The number of aldehydes is 1. The van der Waals surface area contributed by atoms with E-state index in [0.29, 0.717) is 28.7 Å². The second-order valence-electron chi connectivity index (χ2n) is 3.80. The van der Waals surface area contributed by atoms with Crippen molar-refractivity contribution in [2.45, 2.75) is 0 Å². The van der Waals surface area contributed by atoms with Gasteiger partial charge in [-0.15, -0.1) is 0 Å². The van der Waals surface area contributed by atoms with E-state index in [1.807, 2.05) is 19.0 Å². The van der Waals surface area contributed by atoms with Crippen molar-refractivity contribution in [2.75, 3.05) is 34.4 Å². The highest BCUT2D eigenvalue weighted by molar-refractivity contribution is 6.32. The molecule has 0 spiro atoms. The lowest BCUT2D eigenvalue weighted by atomic mass is 10.2. The van der Waals surface area contributed by atoms with Crippen molar-refractivity contribution < 1.29 is 14.3 Å². The highest BCUT2D eigenvalue weighted by Gasteiger charge is 2.11. The van der Waals surface area contributed by atoms with Gasteiger partial charge in [-0.05, 0) is 26.2 Å². The summed E-state index contributed by atoms with van der Waals surface area (Å²) in [6.45, 7) is 1.28. The molecular formula is C12H16ClNO3. The van der Waals surface area contributed by atoms with Crippen LogP contribution in [0.15, 0.2) is 12.1 Å². The monoisotopic (exact) mass is 257 g/mol. The minimum Gasteiger partial charge on any atom is -0.493 e. The quantitative estimate of drug-likeness (QED) is 0.732. The summed E-state index contributed by atoms with van der Waals surface area (Å²) in [6, 6.07) is 3.16. The summed E-state index contributed by atoms with van der Waals surface area (Å²) in [5.41, 5.74) is 0.465. The van der Waals surface area contributed by atoms with Crippen molar-refractivity contribution in [1.29, 1.82) is 0 Å². The lowest BCUT2D eigenvalue weighted by Gasteiger charge is -2.15. The largest absolute Gasteiger partial charge is 0.493 e. The number of halogens is 1. The molecule has 0 amide bonds. The molecular weight excluding hydrogens is 242 g/mol. The van der Waals surface area contributed by atoms with E-state index in [2.05, 4.69) is 0 Å². The third kappa shape index (κ3) is 3.91. The number of hydrogen-bond donors (Lipinski definition) is 0. The lowest BCUT2D eigenvalue weighted by Crippen LogP contribution is -2.19. The molecule has 0 radical (unpaired) electrons. The molecule has 0 bridgehead atoms. The van der Waals surface area contributed by atoms with Crippen LogP contribution in [0.4, 0.5) is 0 Å². The molecule has 0 saturated carbocycles. The predicted octanol–water partition coefficient (Wildman–Crippen LogP) is 2.10. The van der Waals surface area contributed by atoms with Crippen LogP contribution < -0.4 is 9.47 Å². The first kappa shape index (κ1) is 13.8. The van der Waals surface area contributed by atoms with Gasteiger partial charge in [0.1, 0.15) is 12.9 Å². The first-order chi connectivity index (χ1) is 8.08. The number of rotatable bonds is 6. The molecule has 94 valence electrons. The predicted molar refractivity (Wildman–Crippen MR) is 67.4 cm³/mol. The minimum atomic E-state index is 0.380. The van der Waals surface area contributed by atoms with Crippen LogP contribution in [0.3, 0.4) is 0 Å². The Balaban J connectivity index is 2.86. The second kappa shape index (κ2) is 6.47. The van der Waals surface area contributed by atoms with Crippen molar-refractivity contribution in [2.24, 2.45) is 0 Å². The summed E-state index contributed by atoms with van der Waals surface area (Å²) in [4.78, 5) is 12.7. The van der Waals surface area contributed by atoms with E-state index in [4.69, 9.17) is 21.1 Å². The fourth-order valence-corrected chi connectivity index (χ4v) is 1.55. The van der Waals surface area contributed by atoms with Gasteiger partial charge in [-0.1, -0.05) is 11.6 Å². The molecule has 5 heteroatoms. The number of ether oxygens (including phenoxy) is 2. The van der Waals surface area contributed by atoms with Gasteiger partial charge in [0, 0.05) is 12.1 Å². The third-order valence-corrected chi connectivity index (χ3v) is 2.45. The van der Waals surface area contributed by atoms with Gasteiger partial charge in [0.15, 0.2) is 11.5 Å². The maximum Gasteiger partial charge on any atom is 0.179 e. The first-order valence-corrected chi connectivity index (χ1v) is 5.56. The van der Waals surface area contributed by atoms with Gasteiger partial charge in [-0.25, -0.2) is 0 Å². The average molecular weight is 258 g/mol. The maximum atomic E-state index is 10.7. The zero-order chi connectivity index (χ0) is 12.8. The van der Waals surface area contributed by atoms with Crippen molar-refractivity contribution >= 4 is 17.9 Å².